The third-order valence-electron chi connectivity index (χ3n) is 5.87. The number of ether oxygens (including phenoxy) is 1. The van der Waals surface area contributed by atoms with Crippen molar-refractivity contribution in [2.24, 2.45) is 0 Å². The van der Waals surface area contributed by atoms with Crippen molar-refractivity contribution in [1.29, 1.82) is 0 Å². The normalized spacial score (nSPS) is 12.9. The lowest BCUT2D eigenvalue weighted by Gasteiger charge is -2.19. The maximum Gasteiger partial charge on any atom is 0.456 e. The van der Waals surface area contributed by atoms with Gasteiger partial charge in [0.2, 0.25) is 5.43 Å². The molecule has 198 valence electrons. The summed E-state index contributed by atoms with van der Waals surface area (Å²) in [5.74, 6) is -6.49. The van der Waals surface area contributed by atoms with Gasteiger partial charge in [0.05, 0.1) is 27.2 Å². The molecular weight excluding hydrogens is 539 g/mol. The second-order valence-electron chi connectivity index (χ2n) is 8.51. The van der Waals surface area contributed by atoms with Gasteiger partial charge in [-0.2, -0.15) is 22.0 Å². The van der Waals surface area contributed by atoms with Crippen molar-refractivity contribution in [2.75, 3.05) is 6.61 Å². The van der Waals surface area contributed by atoms with E-state index in [0.717, 1.165) is 4.90 Å². The summed E-state index contributed by atoms with van der Waals surface area (Å²) in [5, 5.41) is 0.770. The standard InChI is InChI=1S/C29H18F5O4S/c30-28(31,29(32,33)34)17-37-27(36)18-7-6-10-20(15-18)39(19-8-2-1-3-9-19)21-13-14-25-23(16-21)26(35)22-11-4-5-12-24(22)38-25/h1-16H,17H2/q+1. The number of para-hydroxylation sites is 1. The number of rotatable bonds is 6. The second kappa shape index (κ2) is 10.2. The van der Waals surface area contributed by atoms with E-state index in [1.165, 1.54) is 18.2 Å². The fourth-order valence-electron chi connectivity index (χ4n) is 3.95. The SMILES string of the molecule is O=C(OCC(F)(F)C(F)(F)F)c1cccc([S+](c2ccccc2)c2ccc3oc4ccccc4c(=O)c3c2)c1. The summed E-state index contributed by atoms with van der Waals surface area (Å²) < 4.78 is 74.2. The average molecular weight is 558 g/mol. The van der Waals surface area contributed by atoms with E-state index in [0.29, 0.717) is 31.7 Å². The molecule has 0 spiro atoms. The van der Waals surface area contributed by atoms with Crippen molar-refractivity contribution in [3.05, 3.63) is 113 Å². The number of alkyl halides is 5. The number of esters is 1. The molecule has 0 radical (unpaired) electrons. The van der Waals surface area contributed by atoms with Crippen molar-refractivity contribution >= 4 is 38.8 Å². The molecule has 1 heterocycles. The molecule has 0 N–H and O–H groups in total. The lowest BCUT2D eigenvalue weighted by molar-refractivity contribution is -0.292. The first-order valence-corrected chi connectivity index (χ1v) is 12.7. The molecule has 0 aliphatic carbocycles. The minimum atomic E-state index is -5.84. The molecule has 4 nitrogen and oxygen atoms in total. The highest BCUT2D eigenvalue weighted by atomic mass is 32.2. The first-order valence-electron chi connectivity index (χ1n) is 11.5. The van der Waals surface area contributed by atoms with Gasteiger partial charge in [-0.1, -0.05) is 36.4 Å². The van der Waals surface area contributed by atoms with Crippen LogP contribution in [0.15, 0.2) is 121 Å². The molecule has 39 heavy (non-hydrogen) atoms. The van der Waals surface area contributed by atoms with Crippen LogP contribution in [-0.4, -0.2) is 24.7 Å². The summed E-state index contributed by atoms with van der Waals surface area (Å²) in [6.07, 6.45) is -5.84. The quantitative estimate of drug-likeness (QED) is 0.0945. The third kappa shape index (κ3) is 5.24. The maximum absolute atomic E-state index is 13.3. The number of hydrogen-bond acceptors (Lipinski definition) is 4. The Labute approximate surface area is 221 Å². The van der Waals surface area contributed by atoms with Crippen LogP contribution < -0.4 is 5.43 Å². The number of halogens is 5. The van der Waals surface area contributed by atoms with E-state index in [4.69, 9.17) is 4.42 Å². The first-order chi connectivity index (χ1) is 18.5. The molecule has 4 aromatic carbocycles. The van der Waals surface area contributed by atoms with Crippen molar-refractivity contribution < 1.29 is 35.9 Å². The topological polar surface area (TPSA) is 56.5 Å². The van der Waals surface area contributed by atoms with Crippen LogP contribution in [0.5, 0.6) is 0 Å². The predicted molar refractivity (Wildman–Crippen MR) is 136 cm³/mol. The van der Waals surface area contributed by atoms with Crippen LogP contribution in [0, 0.1) is 0 Å². The van der Waals surface area contributed by atoms with Crippen molar-refractivity contribution in [2.45, 2.75) is 26.8 Å². The largest absolute Gasteiger partial charge is 0.456 e. The third-order valence-corrected chi connectivity index (χ3v) is 8.06. The van der Waals surface area contributed by atoms with Crippen LogP contribution in [0.1, 0.15) is 10.4 Å². The molecular formula is C29H18F5O4S+. The average Bonchev–Trinajstić information content (AvgIpc) is 2.92. The molecule has 0 fully saturated rings. The molecule has 1 atom stereocenters. The summed E-state index contributed by atoms with van der Waals surface area (Å²) >= 11 is 0. The van der Waals surface area contributed by atoms with E-state index in [2.05, 4.69) is 4.74 Å². The van der Waals surface area contributed by atoms with Crippen LogP contribution in [0.4, 0.5) is 22.0 Å². The monoisotopic (exact) mass is 557 g/mol. The van der Waals surface area contributed by atoms with Gasteiger partial charge in [-0.3, -0.25) is 4.79 Å². The van der Waals surface area contributed by atoms with Gasteiger partial charge in [0, 0.05) is 12.1 Å². The van der Waals surface area contributed by atoms with Crippen LogP contribution >= 0.6 is 0 Å². The Kier molecular flexibility index (Phi) is 6.90. The van der Waals surface area contributed by atoms with Crippen molar-refractivity contribution in [3.8, 4) is 0 Å². The number of carbonyl (C=O) groups excluding carboxylic acids is 1. The molecule has 0 saturated heterocycles. The van der Waals surface area contributed by atoms with Gasteiger partial charge in [0.25, 0.3) is 0 Å². The van der Waals surface area contributed by atoms with Crippen LogP contribution in [0.25, 0.3) is 21.9 Å². The van der Waals surface area contributed by atoms with Crippen LogP contribution in [0.3, 0.4) is 0 Å². The van der Waals surface area contributed by atoms with E-state index in [9.17, 15) is 31.5 Å². The van der Waals surface area contributed by atoms with Gasteiger partial charge < -0.3 is 9.15 Å². The summed E-state index contributed by atoms with van der Waals surface area (Å²) in [4.78, 5) is 27.8. The Morgan fingerprint density at radius 2 is 1.36 bits per heavy atom. The number of carbonyl (C=O) groups is 1. The highest BCUT2D eigenvalue weighted by Crippen LogP contribution is 2.36. The van der Waals surface area contributed by atoms with Crippen LogP contribution in [-0.2, 0) is 15.6 Å². The molecule has 1 aromatic heterocycles. The van der Waals surface area contributed by atoms with E-state index in [-0.39, 0.29) is 11.0 Å². The smallest absolute Gasteiger partial charge is 0.456 e. The summed E-state index contributed by atoms with van der Waals surface area (Å²) in [6.45, 7) is -2.13. The minimum absolute atomic E-state index is 0.190. The molecule has 5 aromatic rings. The molecule has 0 saturated carbocycles. The predicted octanol–water partition coefficient (Wildman–Crippen LogP) is 7.40. The van der Waals surface area contributed by atoms with E-state index in [1.54, 1.807) is 48.5 Å². The van der Waals surface area contributed by atoms with E-state index >= 15 is 0 Å². The van der Waals surface area contributed by atoms with Gasteiger partial charge in [-0.25, -0.2) is 4.79 Å². The number of benzene rings is 4. The highest BCUT2D eigenvalue weighted by Gasteiger charge is 2.58. The van der Waals surface area contributed by atoms with Gasteiger partial charge in [-0.15, -0.1) is 0 Å². The zero-order valence-corrected chi connectivity index (χ0v) is 20.7. The Bertz CT molecular complexity index is 1730. The van der Waals surface area contributed by atoms with Crippen molar-refractivity contribution in [3.63, 3.8) is 0 Å². The Balaban J connectivity index is 1.56. The lowest BCUT2D eigenvalue weighted by atomic mass is 10.1. The number of hydrogen-bond donors (Lipinski definition) is 0. The van der Waals surface area contributed by atoms with Gasteiger partial charge in [0.15, 0.2) is 21.3 Å². The fraction of sp³-hybridized carbons (Fsp3) is 0.103. The van der Waals surface area contributed by atoms with Gasteiger partial charge in [0.1, 0.15) is 11.2 Å². The number of fused-ring (bicyclic) bond motifs is 2. The minimum Gasteiger partial charge on any atom is -0.456 e. The Hall–Kier alpha value is -4.18. The first kappa shape index (κ1) is 26.4. The molecule has 0 aliphatic heterocycles. The Morgan fingerprint density at radius 1 is 0.718 bits per heavy atom. The van der Waals surface area contributed by atoms with Gasteiger partial charge in [-0.05, 0) is 48.5 Å². The summed E-state index contributed by atoms with van der Waals surface area (Å²) in [5.41, 5.74) is 0.438. The second-order valence-corrected chi connectivity index (χ2v) is 10.5. The fourth-order valence-corrected chi connectivity index (χ4v) is 6.09. The molecule has 10 heteroatoms. The lowest BCUT2D eigenvalue weighted by Crippen LogP contribution is -2.41. The van der Waals surface area contributed by atoms with E-state index in [1.807, 2.05) is 30.3 Å². The van der Waals surface area contributed by atoms with Crippen molar-refractivity contribution in [1.82, 2.24) is 0 Å². The zero-order chi connectivity index (χ0) is 27.8. The molecule has 0 amide bonds. The Morgan fingerprint density at radius 3 is 2.10 bits per heavy atom. The zero-order valence-electron chi connectivity index (χ0n) is 19.9. The summed E-state index contributed by atoms with van der Waals surface area (Å²) in [7, 11) is -0.891. The summed E-state index contributed by atoms with van der Waals surface area (Å²) in [6, 6.07) is 27.0. The molecule has 0 aliphatic rings. The molecule has 0 bridgehead atoms. The highest BCUT2D eigenvalue weighted by molar-refractivity contribution is 7.97. The maximum atomic E-state index is 13.3. The van der Waals surface area contributed by atoms with E-state index < -0.39 is 35.6 Å². The van der Waals surface area contributed by atoms with Crippen LogP contribution in [0.2, 0.25) is 0 Å². The van der Waals surface area contributed by atoms with Gasteiger partial charge >= 0.3 is 18.1 Å². The molecule has 1 unspecified atom stereocenters. The molecule has 5 rings (SSSR count).